The van der Waals surface area contributed by atoms with Gasteiger partial charge in [0.1, 0.15) is 0 Å². The van der Waals surface area contributed by atoms with Crippen molar-refractivity contribution in [3.8, 4) is 6.07 Å². The van der Waals surface area contributed by atoms with Gasteiger partial charge in [0.15, 0.2) is 0 Å². The van der Waals surface area contributed by atoms with Gasteiger partial charge < -0.3 is 11.1 Å². The SMILES string of the molecule is Cc1c(N)cccc1NC(=O)CN(C)CCC#N. The van der Waals surface area contributed by atoms with Crippen LogP contribution in [0.2, 0.25) is 0 Å². The third-order valence-electron chi connectivity index (χ3n) is 2.67. The van der Waals surface area contributed by atoms with Crippen molar-refractivity contribution in [3.05, 3.63) is 23.8 Å². The highest BCUT2D eigenvalue weighted by atomic mass is 16.2. The highest BCUT2D eigenvalue weighted by Gasteiger charge is 2.08. The van der Waals surface area contributed by atoms with Crippen LogP contribution in [0.3, 0.4) is 0 Å². The number of benzene rings is 1. The van der Waals surface area contributed by atoms with Gasteiger partial charge in [-0.1, -0.05) is 6.07 Å². The van der Waals surface area contributed by atoms with Crippen LogP contribution in [0.15, 0.2) is 18.2 Å². The average molecular weight is 246 g/mol. The van der Waals surface area contributed by atoms with Gasteiger partial charge >= 0.3 is 0 Å². The Balaban J connectivity index is 2.55. The molecular formula is C13H18N4O. The molecule has 3 N–H and O–H groups in total. The van der Waals surface area contributed by atoms with Crippen LogP contribution < -0.4 is 11.1 Å². The van der Waals surface area contributed by atoms with E-state index >= 15 is 0 Å². The molecule has 5 heteroatoms. The fraction of sp³-hybridized carbons (Fsp3) is 0.385. The van der Waals surface area contributed by atoms with E-state index in [0.717, 1.165) is 11.3 Å². The Hall–Kier alpha value is -2.06. The molecule has 0 aliphatic heterocycles. The minimum Gasteiger partial charge on any atom is -0.398 e. The number of rotatable bonds is 5. The van der Waals surface area contributed by atoms with Crippen LogP contribution >= 0.6 is 0 Å². The van der Waals surface area contributed by atoms with E-state index in [1.807, 2.05) is 26.1 Å². The Morgan fingerprint density at radius 2 is 2.28 bits per heavy atom. The van der Waals surface area contributed by atoms with Gasteiger partial charge in [-0.25, -0.2) is 0 Å². The summed E-state index contributed by atoms with van der Waals surface area (Å²) in [5.41, 5.74) is 8.02. The van der Waals surface area contributed by atoms with Crippen LogP contribution in [0.5, 0.6) is 0 Å². The van der Waals surface area contributed by atoms with Crippen LogP contribution in [0.1, 0.15) is 12.0 Å². The molecule has 0 bridgehead atoms. The van der Waals surface area contributed by atoms with Crippen molar-refractivity contribution in [2.24, 2.45) is 0 Å². The van der Waals surface area contributed by atoms with Gasteiger partial charge in [0.2, 0.25) is 5.91 Å². The second-order valence-corrected chi connectivity index (χ2v) is 4.21. The lowest BCUT2D eigenvalue weighted by atomic mass is 10.1. The van der Waals surface area contributed by atoms with Crippen LogP contribution in [-0.4, -0.2) is 30.9 Å². The predicted octanol–water partition coefficient (Wildman–Crippen LogP) is 1.36. The number of nitrogen functional groups attached to an aromatic ring is 1. The monoisotopic (exact) mass is 246 g/mol. The van der Waals surface area contributed by atoms with Crippen molar-refractivity contribution in [1.82, 2.24) is 4.90 Å². The van der Waals surface area contributed by atoms with Gasteiger partial charge in [-0.2, -0.15) is 5.26 Å². The molecule has 0 saturated carbocycles. The Bertz CT molecular complexity index is 465. The molecule has 1 aromatic carbocycles. The van der Waals surface area contributed by atoms with E-state index in [-0.39, 0.29) is 12.5 Å². The van der Waals surface area contributed by atoms with Gasteiger partial charge in [0, 0.05) is 24.3 Å². The van der Waals surface area contributed by atoms with Crippen LogP contribution in [0.25, 0.3) is 0 Å². The largest absolute Gasteiger partial charge is 0.398 e. The molecule has 0 saturated heterocycles. The number of nitrogens with zero attached hydrogens (tertiary/aromatic N) is 2. The van der Waals surface area contributed by atoms with E-state index in [4.69, 9.17) is 11.0 Å². The summed E-state index contributed by atoms with van der Waals surface area (Å²) in [4.78, 5) is 13.6. The zero-order valence-electron chi connectivity index (χ0n) is 10.7. The van der Waals surface area contributed by atoms with Gasteiger partial charge in [0.05, 0.1) is 12.6 Å². The first-order valence-electron chi connectivity index (χ1n) is 5.75. The summed E-state index contributed by atoms with van der Waals surface area (Å²) in [5.74, 6) is -0.107. The molecule has 5 nitrogen and oxygen atoms in total. The standard InChI is InChI=1S/C13H18N4O/c1-10-11(15)5-3-6-12(10)16-13(18)9-17(2)8-4-7-14/h3,5-6H,4,8-9,15H2,1-2H3,(H,16,18). The van der Waals surface area contributed by atoms with Crippen molar-refractivity contribution in [3.63, 3.8) is 0 Å². The highest BCUT2D eigenvalue weighted by Crippen LogP contribution is 2.20. The van der Waals surface area contributed by atoms with Gasteiger partial charge in [-0.05, 0) is 31.7 Å². The zero-order chi connectivity index (χ0) is 13.5. The first kappa shape index (κ1) is 14.0. The smallest absolute Gasteiger partial charge is 0.238 e. The normalized spacial score (nSPS) is 10.1. The van der Waals surface area contributed by atoms with Crippen molar-refractivity contribution >= 4 is 17.3 Å². The Morgan fingerprint density at radius 3 is 2.94 bits per heavy atom. The molecule has 0 unspecified atom stereocenters. The number of nitrogens with one attached hydrogen (secondary N) is 1. The minimum absolute atomic E-state index is 0.107. The number of nitrogens with two attached hydrogens (primary N) is 1. The number of anilines is 2. The van der Waals surface area contributed by atoms with E-state index in [9.17, 15) is 4.79 Å². The summed E-state index contributed by atoms with van der Waals surface area (Å²) in [6.45, 7) is 2.71. The number of hydrogen-bond donors (Lipinski definition) is 2. The lowest BCUT2D eigenvalue weighted by Gasteiger charge is -2.15. The van der Waals surface area contributed by atoms with E-state index < -0.39 is 0 Å². The Morgan fingerprint density at radius 1 is 1.56 bits per heavy atom. The lowest BCUT2D eigenvalue weighted by Crippen LogP contribution is -2.31. The molecule has 0 atom stereocenters. The number of likely N-dealkylation sites (N-methyl/N-ethyl adjacent to an activating group) is 1. The van der Waals surface area contributed by atoms with Crippen LogP contribution in [0.4, 0.5) is 11.4 Å². The van der Waals surface area contributed by atoms with E-state index in [1.54, 1.807) is 17.0 Å². The summed E-state index contributed by atoms with van der Waals surface area (Å²) >= 11 is 0. The molecule has 18 heavy (non-hydrogen) atoms. The maximum atomic E-state index is 11.8. The van der Waals surface area contributed by atoms with E-state index in [0.29, 0.717) is 18.7 Å². The van der Waals surface area contributed by atoms with Crippen LogP contribution in [0, 0.1) is 18.3 Å². The summed E-state index contributed by atoms with van der Waals surface area (Å²) in [6.07, 6.45) is 0.418. The summed E-state index contributed by atoms with van der Waals surface area (Å²) in [7, 11) is 1.81. The number of nitriles is 1. The van der Waals surface area contributed by atoms with Crippen molar-refractivity contribution in [2.75, 3.05) is 31.2 Å². The second-order valence-electron chi connectivity index (χ2n) is 4.21. The lowest BCUT2D eigenvalue weighted by molar-refractivity contribution is -0.117. The molecule has 96 valence electrons. The summed E-state index contributed by atoms with van der Waals surface area (Å²) < 4.78 is 0. The Labute approximate surface area is 107 Å². The average Bonchev–Trinajstić information content (AvgIpc) is 2.32. The van der Waals surface area contributed by atoms with E-state index in [2.05, 4.69) is 5.32 Å². The van der Waals surface area contributed by atoms with E-state index in [1.165, 1.54) is 0 Å². The van der Waals surface area contributed by atoms with Crippen molar-refractivity contribution in [1.29, 1.82) is 5.26 Å². The molecular weight excluding hydrogens is 228 g/mol. The number of carbonyl (C=O) groups excluding carboxylic acids is 1. The van der Waals surface area contributed by atoms with Gasteiger partial charge in [-0.3, -0.25) is 9.69 Å². The molecule has 0 aliphatic rings. The molecule has 0 aliphatic carbocycles. The van der Waals surface area contributed by atoms with Gasteiger partial charge in [-0.15, -0.1) is 0 Å². The molecule has 0 fully saturated rings. The quantitative estimate of drug-likeness (QED) is 0.768. The Kier molecular flexibility index (Phi) is 5.15. The van der Waals surface area contributed by atoms with Crippen molar-refractivity contribution < 1.29 is 4.79 Å². The van der Waals surface area contributed by atoms with Gasteiger partial charge in [0.25, 0.3) is 0 Å². The van der Waals surface area contributed by atoms with Crippen molar-refractivity contribution in [2.45, 2.75) is 13.3 Å². The maximum absolute atomic E-state index is 11.8. The second kappa shape index (κ2) is 6.62. The van der Waals surface area contributed by atoms with Crippen LogP contribution in [-0.2, 0) is 4.79 Å². The highest BCUT2D eigenvalue weighted by molar-refractivity contribution is 5.93. The summed E-state index contributed by atoms with van der Waals surface area (Å²) in [5, 5.41) is 11.3. The third kappa shape index (κ3) is 4.07. The fourth-order valence-electron chi connectivity index (χ4n) is 1.54. The number of carbonyl (C=O) groups is 1. The minimum atomic E-state index is -0.107. The topological polar surface area (TPSA) is 82.2 Å². The number of hydrogen-bond acceptors (Lipinski definition) is 4. The fourth-order valence-corrected chi connectivity index (χ4v) is 1.54. The zero-order valence-corrected chi connectivity index (χ0v) is 10.7. The predicted molar refractivity (Wildman–Crippen MR) is 71.9 cm³/mol. The molecule has 0 spiro atoms. The molecule has 0 heterocycles. The molecule has 0 radical (unpaired) electrons. The number of amides is 1. The molecule has 1 aromatic rings. The third-order valence-corrected chi connectivity index (χ3v) is 2.67. The summed E-state index contributed by atoms with van der Waals surface area (Å²) in [6, 6.07) is 7.47. The first-order valence-corrected chi connectivity index (χ1v) is 5.75. The maximum Gasteiger partial charge on any atom is 0.238 e. The molecule has 1 amide bonds. The molecule has 1 rings (SSSR count). The molecule has 0 aromatic heterocycles. The first-order chi connectivity index (χ1) is 8.54.